The van der Waals surface area contributed by atoms with Gasteiger partial charge in [-0.25, -0.2) is 13.1 Å². The number of sulfonamides is 1. The summed E-state index contributed by atoms with van der Waals surface area (Å²) in [4.78, 5) is 0.265. The first kappa shape index (κ1) is 16.3. The van der Waals surface area contributed by atoms with Crippen LogP contribution in [0.5, 0.6) is 5.75 Å². The van der Waals surface area contributed by atoms with E-state index in [9.17, 15) is 8.42 Å². The van der Waals surface area contributed by atoms with E-state index in [4.69, 9.17) is 9.47 Å². The fourth-order valence-corrected chi connectivity index (χ4v) is 4.12. The second-order valence-corrected chi connectivity index (χ2v) is 8.02. The predicted octanol–water partition coefficient (Wildman–Crippen LogP) is 2.73. The van der Waals surface area contributed by atoms with Gasteiger partial charge in [0.05, 0.1) is 11.5 Å². The molecule has 130 valence electrons. The first-order valence-electron chi connectivity index (χ1n) is 8.17. The van der Waals surface area contributed by atoms with Crippen LogP contribution >= 0.6 is 0 Å². The van der Waals surface area contributed by atoms with Gasteiger partial charge in [0, 0.05) is 12.1 Å². The zero-order chi connectivity index (χ0) is 17.4. The van der Waals surface area contributed by atoms with Crippen LogP contribution in [0.2, 0.25) is 0 Å². The molecule has 0 unspecified atom stereocenters. The Morgan fingerprint density at radius 2 is 1.88 bits per heavy atom. The van der Waals surface area contributed by atoms with E-state index in [2.05, 4.69) is 4.72 Å². The van der Waals surface area contributed by atoms with Crippen molar-refractivity contribution in [3.63, 3.8) is 0 Å². The monoisotopic (exact) mass is 357 g/mol. The van der Waals surface area contributed by atoms with Gasteiger partial charge in [-0.2, -0.15) is 0 Å². The molecule has 0 spiro atoms. The van der Waals surface area contributed by atoms with Crippen molar-refractivity contribution in [2.24, 2.45) is 0 Å². The van der Waals surface area contributed by atoms with Crippen molar-refractivity contribution in [1.29, 1.82) is 0 Å². The Morgan fingerprint density at radius 1 is 1.12 bits per heavy atom. The number of ether oxygens (including phenoxy) is 2. The van der Waals surface area contributed by atoms with E-state index in [1.165, 1.54) is 0 Å². The Morgan fingerprint density at radius 3 is 2.68 bits per heavy atom. The molecular weight excluding hydrogens is 338 g/mol. The average molecular weight is 357 g/mol. The van der Waals surface area contributed by atoms with Gasteiger partial charge >= 0.3 is 0 Å². The Bertz CT molecular complexity index is 919. The zero-order valence-corrected chi connectivity index (χ0v) is 14.6. The molecule has 0 aliphatic carbocycles. The molecular formula is C19H19NO4S. The molecule has 2 aromatic carbocycles. The van der Waals surface area contributed by atoms with Gasteiger partial charge in [0.2, 0.25) is 10.0 Å². The Kier molecular flexibility index (Phi) is 4.11. The van der Waals surface area contributed by atoms with Gasteiger partial charge in [-0.15, -0.1) is 0 Å². The third-order valence-corrected chi connectivity index (χ3v) is 5.96. The SMILES string of the molecule is Cc1ccc(S(=O)(=O)NC/C=C2\CO[C@@H]3c4ccccc4O[C@H]23)cc1. The maximum Gasteiger partial charge on any atom is 0.240 e. The van der Waals surface area contributed by atoms with Gasteiger partial charge in [0.25, 0.3) is 0 Å². The Hall–Kier alpha value is -2.15. The molecule has 5 nitrogen and oxygen atoms in total. The van der Waals surface area contributed by atoms with E-state index < -0.39 is 10.0 Å². The summed E-state index contributed by atoms with van der Waals surface area (Å²) in [7, 11) is -3.52. The molecule has 1 N–H and O–H groups in total. The van der Waals surface area contributed by atoms with Crippen LogP contribution in [-0.4, -0.2) is 27.7 Å². The fourth-order valence-electron chi connectivity index (χ4n) is 3.16. The molecule has 4 rings (SSSR count). The third kappa shape index (κ3) is 3.08. The number of fused-ring (bicyclic) bond motifs is 3. The molecule has 25 heavy (non-hydrogen) atoms. The van der Waals surface area contributed by atoms with Crippen molar-refractivity contribution in [3.05, 3.63) is 71.3 Å². The summed E-state index contributed by atoms with van der Waals surface area (Å²) < 4.78 is 39.0. The van der Waals surface area contributed by atoms with Crippen LogP contribution in [0.15, 0.2) is 65.1 Å². The van der Waals surface area contributed by atoms with Crippen LogP contribution < -0.4 is 9.46 Å². The fraction of sp³-hybridized carbons (Fsp3) is 0.263. The topological polar surface area (TPSA) is 64.6 Å². The van der Waals surface area contributed by atoms with Crippen molar-refractivity contribution in [3.8, 4) is 5.75 Å². The summed E-state index contributed by atoms with van der Waals surface area (Å²) in [6, 6.07) is 14.6. The molecule has 1 saturated heterocycles. The molecule has 2 aliphatic rings. The lowest BCUT2D eigenvalue weighted by molar-refractivity contribution is 0.0796. The molecule has 2 aromatic rings. The Labute approximate surface area is 147 Å². The van der Waals surface area contributed by atoms with E-state index in [1.54, 1.807) is 24.3 Å². The lowest BCUT2D eigenvalue weighted by atomic mass is 10.0. The van der Waals surface area contributed by atoms with Crippen molar-refractivity contribution < 1.29 is 17.9 Å². The quantitative estimate of drug-likeness (QED) is 0.855. The smallest absolute Gasteiger partial charge is 0.240 e. The molecule has 0 amide bonds. The minimum atomic E-state index is -3.52. The van der Waals surface area contributed by atoms with Crippen molar-refractivity contribution >= 4 is 10.0 Å². The highest BCUT2D eigenvalue weighted by atomic mass is 32.2. The highest BCUT2D eigenvalue weighted by Crippen LogP contribution is 2.45. The molecule has 6 heteroatoms. The van der Waals surface area contributed by atoms with Crippen LogP contribution in [-0.2, 0) is 14.8 Å². The molecule has 0 bridgehead atoms. The van der Waals surface area contributed by atoms with E-state index >= 15 is 0 Å². The van der Waals surface area contributed by atoms with E-state index in [-0.39, 0.29) is 23.6 Å². The highest BCUT2D eigenvalue weighted by Gasteiger charge is 2.42. The number of aryl methyl sites for hydroxylation is 1. The maximum atomic E-state index is 12.3. The third-order valence-electron chi connectivity index (χ3n) is 4.52. The summed E-state index contributed by atoms with van der Waals surface area (Å²) in [5.74, 6) is 0.836. The molecule has 0 saturated carbocycles. The largest absolute Gasteiger partial charge is 0.482 e. The van der Waals surface area contributed by atoms with Crippen LogP contribution in [0.1, 0.15) is 17.2 Å². The second kappa shape index (κ2) is 6.29. The number of hydrogen-bond donors (Lipinski definition) is 1. The Balaban J connectivity index is 1.44. The van der Waals surface area contributed by atoms with Gasteiger partial charge in [-0.1, -0.05) is 42.0 Å². The molecule has 2 heterocycles. The van der Waals surface area contributed by atoms with Crippen LogP contribution in [0.25, 0.3) is 0 Å². The lowest BCUT2D eigenvalue weighted by Crippen LogP contribution is -2.25. The van der Waals surface area contributed by atoms with Crippen LogP contribution in [0.4, 0.5) is 0 Å². The van der Waals surface area contributed by atoms with Crippen LogP contribution in [0, 0.1) is 6.92 Å². The number of benzene rings is 2. The molecule has 2 aliphatic heterocycles. The van der Waals surface area contributed by atoms with Crippen molar-refractivity contribution in [1.82, 2.24) is 4.72 Å². The van der Waals surface area contributed by atoms with Crippen LogP contribution in [0.3, 0.4) is 0 Å². The molecule has 0 radical (unpaired) electrons. The summed E-state index contributed by atoms with van der Waals surface area (Å²) in [6.07, 6.45) is 1.58. The summed E-state index contributed by atoms with van der Waals surface area (Å²) in [5.41, 5.74) is 3.04. The van der Waals surface area contributed by atoms with Crippen molar-refractivity contribution in [2.75, 3.05) is 13.2 Å². The lowest BCUT2D eigenvalue weighted by Gasteiger charge is -2.10. The molecule has 0 aromatic heterocycles. The summed E-state index contributed by atoms with van der Waals surface area (Å²) in [5, 5.41) is 0. The van der Waals surface area contributed by atoms with Gasteiger partial charge in [-0.05, 0) is 30.7 Å². The standard InChI is InChI=1S/C19H19NO4S/c1-13-6-8-15(9-7-13)25(21,22)20-11-10-14-12-23-19-16-4-2-3-5-17(16)24-18(14)19/h2-10,18-20H,11-12H2,1H3/b14-10+/t18-,19-/m1/s1. The van der Waals surface area contributed by atoms with Gasteiger partial charge < -0.3 is 9.47 Å². The van der Waals surface area contributed by atoms with Gasteiger partial charge in [0.15, 0.2) is 6.10 Å². The predicted molar refractivity (Wildman–Crippen MR) is 94.0 cm³/mol. The zero-order valence-electron chi connectivity index (χ0n) is 13.8. The van der Waals surface area contributed by atoms with E-state index in [1.807, 2.05) is 37.3 Å². The minimum Gasteiger partial charge on any atom is -0.482 e. The first-order chi connectivity index (χ1) is 12.0. The first-order valence-corrected chi connectivity index (χ1v) is 9.65. The number of rotatable bonds is 4. The van der Waals surface area contributed by atoms with E-state index in [0.29, 0.717) is 6.61 Å². The average Bonchev–Trinajstić information content (AvgIpc) is 3.15. The molecule has 2 atom stereocenters. The minimum absolute atomic E-state index is 0.101. The normalized spacial score (nSPS) is 23.3. The van der Waals surface area contributed by atoms with Gasteiger partial charge in [0.1, 0.15) is 11.9 Å². The number of para-hydroxylation sites is 1. The number of nitrogens with one attached hydrogen (secondary N) is 1. The van der Waals surface area contributed by atoms with E-state index in [0.717, 1.165) is 22.4 Å². The van der Waals surface area contributed by atoms with Crippen molar-refractivity contribution in [2.45, 2.75) is 24.0 Å². The highest BCUT2D eigenvalue weighted by molar-refractivity contribution is 7.89. The maximum absolute atomic E-state index is 12.3. The second-order valence-electron chi connectivity index (χ2n) is 6.25. The molecule has 1 fully saturated rings. The number of hydrogen-bond acceptors (Lipinski definition) is 4. The summed E-state index contributed by atoms with van der Waals surface area (Å²) in [6.45, 7) is 2.58. The van der Waals surface area contributed by atoms with Gasteiger partial charge in [-0.3, -0.25) is 0 Å². The summed E-state index contributed by atoms with van der Waals surface area (Å²) >= 11 is 0.